The van der Waals surface area contributed by atoms with Gasteiger partial charge in [-0.2, -0.15) is 0 Å². The molecule has 5 heteroatoms. The van der Waals surface area contributed by atoms with E-state index in [0.29, 0.717) is 13.2 Å². The van der Waals surface area contributed by atoms with E-state index in [-0.39, 0.29) is 12.5 Å². The second kappa shape index (κ2) is 5.16. The Morgan fingerprint density at radius 1 is 1.77 bits per heavy atom. The number of rotatable bonds is 4. The molecule has 1 fully saturated rings. The molecule has 0 aromatic heterocycles. The molecule has 0 aromatic rings. The minimum absolute atomic E-state index is 0.0972. The van der Waals surface area contributed by atoms with Crippen LogP contribution in [0.5, 0.6) is 0 Å². The lowest BCUT2D eigenvalue weighted by Crippen LogP contribution is -2.32. The predicted molar refractivity (Wildman–Crippen MR) is 44.9 cm³/mol. The number of carbonyl (C=O) groups is 1. The fraction of sp³-hybridized carbons (Fsp3) is 0.875. The van der Waals surface area contributed by atoms with Gasteiger partial charge in [0.25, 0.3) is 0 Å². The summed E-state index contributed by atoms with van der Waals surface area (Å²) in [6.45, 7) is 1.57. The molecule has 2 atom stereocenters. The topological polar surface area (TPSA) is 81.8 Å². The highest BCUT2D eigenvalue weighted by molar-refractivity contribution is 5.74. The van der Waals surface area contributed by atoms with E-state index in [9.17, 15) is 4.79 Å². The molecule has 1 aliphatic rings. The first-order valence-electron chi connectivity index (χ1n) is 4.36. The Balaban J connectivity index is 2.13. The van der Waals surface area contributed by atoms with Crippen LogP contribution in [0.3, 0.4) is 0 Å². The van der Waals surface area contributed by atoms with E-state index < -0.39 is 12.1 Å². The number of nitrogens with two attached hydrogens (primary N) is 1. The molecular weight excluding hydrogens is 174 g/mol. The Morgan fingerprint density at radius 3 is 3.08 bits per heavy atom. The summed E-state index contributed by atoms with van der Waals surface area (Å²) >= 11 is 0. The summed E-state index contributed by atoms with van der Waals surface area (Å²) in [7, 11) is 0. The maximum atomic E-state index is 10.9. The van der Waals surface area contributed by atoms with Crippen LogP contribution in [0.1, 0.15) is 6.42 Å². The minimum Gasteiger partial charge on any atom is -0.463 e. The molecule has 3 N–H and O–H groups in total. The molecule has 0 saturated carbocycles. The molecule has 0 spiro atoms. The van der Waals surface area contributed by atoms with Crippen LogP contribution >= 0.6 is 0 Å². The Bertz CT molecular complexity index is 168. The fourth-order valence-electron chi connectivity index (χ4n) is 1.11. The van der Waals surface area contributed by atoms with Crippen LogP contribution in [-0.2, 0) is 14.3 Å². The minimum atomic E-state index is -1.19. The third-order valence-electron chi connectivity index (χ3n) is 1.98. The van der Waals surface area contributed by atoms with Gasteiger partial charge in [0.05, 0.1) is 13.2 Å². The SMILES string of the molecule is NC[C@H](O)C(=O)OCC1CCOC1. The van der Waals surface area contributed by atoms with Crippen LogP contribution in [0.2, 0.25) is 0 Å². The molecule has 1 heterocycles. The number of hydrogen-bond acceptors (Lipinski definition) is 5. The van der Waals surface area contributed by atoms with Crippen LogP contribution < -0.4 is 5.73 Å². The van der Waals surface area contributed by atoms with Crippen molar-refractivity contribution in [3.05, 3.63) is 0 Å². The van der Waals surface area contributed by atoms with E-state index in [2.05, 4.69) is 0 Å². The molecule has 1 unspecified atom stereocenters. The Morgan fingerprint density at radius 2 is 2.54 bits per heavy atom. The van der Waals surface area contributed by atoms with Crippen molar-refractivity contribution in [2.75, 3.05) is 26.4 Å². The highest BCUT2D eigenvalue weighted by Crippen LogP contribution is 2.12. The first-order valence-corrected chi connectivity index (χ1v) is 4.36. The standard InChI is InChI=1S/C8H15NO4/c9-3-7(10)8(11)13-5-6-1-2-12-4-6/h6-7,10H,1-5,9H2/t6?,7-/m0/s1. The van der Waals surface area contributed by atoms with Gasteiger partial charge in [0.2, 0.25) is 0 Å². The van der Waals surface area contributed by atoms with Crippen molar-refractivity contribution in [2.45, 2.75) is 12.5 Å². The molecule has 1 saturated heterocycles. The second-order valence-corrected chi connectivity index (χ2v) is 3.11. The smallest absolute Gasteiger partial charge is 0.336 e. The van der Waals surface area contributed by atoms with Crippen LogP contribution in [0, 0.1) is 5.92 Å². The number of aliphatic hydroxyl groups is 1. The average Bonchev–Trinajstić information content (AvgIpc) is 2.65. The summed E-state index contributed by atoms with van der Waals surface area (Å²) in [5, 5.41) is 8.97. The van der Waals surface area contributed by atoms with Gasteiger partial charge in [-0.3, -0.25) is 0 Å². The first-order chi connectivity index (χ1) is 6.24. The van der Waals surface area contributed by atoms with Crippen molar-refractivity contribution in [3.63, 3.8) is 0 Å². The van der Waals surface area contributed by atoms with Crippen LogP contribution in [0.25, 0.3) is 0 Å². The van der Waals surface area contributed by atoms with Gasteiger partial charge in [-0.05, 0) is 6.42 Å². The largest absolute Gasteiger partial charge is 0.463 e. The van der Waals surface area contributed by atoms with Gasteiger partial charge in [-0.1, -0.05) is 0 Å². The maximum Gasteiger partial charge on any atom is 0.336 e. The number of ether oxygens (including phenoxy) is 2. The molecule has 13 heavy (non-hydrogen) atoms. The van der Waals surface area contributed by atoms with E-state index >= 15 is 0 Å². The van der Waals surface area contributed by atoms with Gasteiger partial charge in [0.1, 0.15) is 0 Å². The molecule has 0 radical (unpaired) electrons. The number of aliphatic hydroxyl groups excluding tert-OH is 1. The summed E-state index contributed by atoms with van der Waals surface area (Å²) < 4.78 is 9.93. The summed E-state index contributed by atoms with van der Waals surface area (Å²) in [6, 6.07) is 0. The van der Waals surface area contributed by atoms with Crippen molar-refractivity contribution in [1.82, 2.24) is 0 Å². The Kier molecular flexibility index (Phi) is 4.14. The molecule has 0 bridgehead atoms. The fourth-order valence-corrected chi connectivity index (χ4v) is 1.11. The first kappa shape index (κ1) is 10.4. The van der Waals surface area contributed by atoms with Crippen molar-refractivity contribution in [1.29, 1.82) is 0 Å². The van der Waals surface area contributed by atoms with E-state index in [4.69, 9.17) is 20.3 Å². The lowest BCUT2D eigenvalue weighted by Gasteiger charge is -2.11. The van der Waals surface area contributed by atoms with Gasteiger partial charge in [0.15, 0.2) is 6.10 Å². The van der Waals surface area contributed by atoms with Crippen molar-refractivity contribution >= 4 is 5.97 Å². The van der Waals surface area contributed by atoms with Gasteiger partial charge in [-0.25, -0.2) is 4.79 Å². The van der Waals surface area contributed by atoms with Gasteiger partial charge in [-0.15, -0.1) is 0 Å². The number of hydrogen-bond donors (Lipinski definition) is 2. The van der Waals surface area contributed by atoms with E-state index in [0.717, 1.165) is 13.0 Å². The highest BCUT2D eigenvalue weighted by Gasteiger charge is 2.20. The van der Waals surface area contributed by atoms with Crippen LogP contribution in [0.4, 0.5) is 0 Å². The summed E-state index contributed by atoms with van der Waals surface area (Å²) in [4.78, 5) is 10.9. The van der Waals surface area contributed by atoms with Gasteiger partial charge >= 0.3 is 5.97 Å². The van der Waals surface area contributed by atoms with Crippen molar-refractivity contribution in [2.24, 2.45) is 11.7 Å². The predicted octanol–water partition coefficient (Wildman–Crippen LogP) is -1.11. The molecule has 5 nitrogen and oxygen atoms in total. The molecule has 76 valence electrons. The zero-order chi connectivity index (χ0) is 9.68. The summed E-state index contributed by atoms with van der Waals surface area (Å²) in [5.41, 5.74) is 5.08. The zero-order valence-corrected chi connectivity index (χ0v) is 7.44. The second-order valence-electron chi connectivity index (χ2n) is 3.11. The lowest BCUT2D eigenvalue weighted by molar-refractivity contribution is -0.154. The zero-order valence-electron chi connectivity index (χ0n) is 7.44. The Hall–Kier alpha value is -0.650. The van der Waals surface area contributed by atoms with Gasteiger partial charge in [0, 0.05) is 19.1 Å². The number of esters is 1. The lowest BCUT2D eigenvalue weighted by atomic mass is 10.1. The highest BCUT2D eigenvalue weighted by atomic mass is 16.5. The molecule has 1 rings (SSSR count). The van der Waals surface area contributed by atoms with E-state index in [1.54, 1.807) is 0 Å². The monoisotopic (exact) mass is 189 g/mol. The van der Waals surface area contributed by atoms with Crippen molar-refractivity contribution in [3.8, 4) is 0 Å². The van der Waals surface area contributed by atoms with Crippen LogP contribution in [0.15, 0.2) is 0 Å². The average molecular weight is 189 g/mol. The Labute approximate surface area is 76.8 Å². The van der Waals surface area contributed by atoms with E-state index in [1.807, 2.05) is 0 Å². The van der Waals surface area contributed by atoms with E-state index in [1.165, 1.54) is 0 Å². The number of carbonyl (C=O) groups excluding carboxylic acids is 1. The van der Waals surface area contributed by atoms with Crippen LogP contribution in [-0.4, -0.2) is 43.5 Å². The molecule has 0 amide bonds. The van der Waals surface area contributed by atoms with Gasteiger partial charge < -0.3 is 20.3 Å². The van der Waals surface area contributed by atoms with Crippen molar-refractivity contribution < 1.29 is 19.4 Å². The maximum absolute atomic E-state index is 10.9. The summed E-state index contributed by atoms with van der Waals surface area (Å²) in [6.07, 6.45) is -0.284. The third kappa shape index (κ3) is 3.30. The molecular formula is C8H15NO4. The normalized spacial score (nSPS) is 24.3. The molecule has 0 aromatic carbocycles. The quantitative estimate of drug-likeness (QED) is 0.548. The molecule has 0 aliphatic carbocycles. The third-order valence-corrected chi connectivity index (χ3v) is 1.98. The molecule has 1 aliphatic heterocycles. The summed E-state index contributed by atoms with van der Waals surface area (Å²) in [5.74, 6) is -0.372.